The summed E-state index contributed by atoms with van der Waals surface area (Å²) in [6.45, 7) is 2.08. The molecule has 1 atom stereocenters. The van der Waals surface area contributed by atoms with Crippen molar-refractivity contribution in [1.82, 2.24) is 0 Å². The van der Waals surface area contributed by atoms with E-state index in [1.54, 1.807) is 0 Å². The first-order valence-electron chi connectivity index (χ1n) is 6.14. The number of benzene rings is 2. The van der Waals surface area contributed by atoms with E-state index in [1.807, 2.05) is 30.3 Å². The van der Waals surface area contributed by atoms with Crippen molar-refractivity contribution in [2.24, 2.45) is 0 Å². The molecular formula is C16H18O. The average molecular weight is 226 g/mol. The van der Waals surface area contributed by atoms with Gasteiger partial charge in [-0.1, -0.05) is 67.9 Å². The van der Waals surface area contributed by atoms with Gasteiger partial charge in [0, 0.05) is 0 Å². The molecule has 2 rings (SSSR count). The maximum atomic E-state index is 9.88. The van der Waals surface area contributed by atoms with Gasteiger partial charge in [-0.15, -0.1) is 0 Å². The lowest BCUT2D eigenvalue weighted by molar-refractivity contribution is 0.166. The molecule has 0 amide bonds. The van der Waals surface area contributed by atoms with Gasteiger partial charge in [0.1, 0.15) is 0 Å². The summed E-state index contributed by atoms with van der Waals surface area (Å²) in [6.07, 6.45) is 1.50. The van der Waals surface area contributed by atoms with Crippen molar-refractivity contribution < 1.29 is 5.11 Å². The topological polar surface area (TPSA) is 20.2 Å². The van der Waals surface area contributed by atoms with Crippen LogP contribution >= 0.6 is 0 Å². The van der Waals surface area contributed by atoms with Crippen molar-refractivity contribution in [3.05, 3.63) is 60.2 Å². The monoisotopic (exact) mass is 226 g/mol. The van der Waals surface area contributed by atoms with Gasteiger partial charge in [0.15, 0.2) is 0 Å². The number of aliphatic hydroxyl groups is 1. The largest absolute Gasteiger partial charge is 0.388 e. The summed E-state index contributed by atoms with van der Waals surface area (Å²) < 4.78 is 0. The van der Waals surface area contributed by atoms with Crippen LogP contribution in [0, 0.1) is 0 Å². The third-order valence-corrected chi connectivity index (χ3v) is 2.96. The second-order valence-electron chi connectivity index (χ2n) is 4.29. The van der Waals surface area contributed by atoms with Crippen molar-refractivity contribution in [2.45, 2.75) is 25.9 Å². The van der Waals surface area contributed by atoms with Crippen LogP contribution in [0.15, 0.2) is 54.6 Å². The van der Waals surface area contributed by atoms with Gasteiger partial charge in [0.25, 0.3) is 0 Å². The third kappa shape index (κ3) is 2.95. The molecule has 0 aliphatic carbocycles. The quantitative estimate of drug-likeness (QED) is 0.828. The summed E-state index contributed by atoms with van der Waals surface area (Å²) in [4.78, 5) is 0. The Balaban J connectivity index is 2.19. The van der Waals surface area contributed by atoms with Crippen molar-refractivity contribution >= 4 is 0 Å². The van der Waals surface area contributed by atoms with E-state index in [2.05, 4.69) is 31.2 Å². The Morgan fingerprint density at radius 3 is 2.06 bits per heavy atom. The molecule has 1 N–H and O–H groups in total. The van der Waals surface area contributed by atoms with E-state index >= 15 is 0 Å². The smallest absolute Gasteiger partial charge is 0.0790 e. The molecule has 1 unspecified atom stereocenters. The van der Waals surface area contributed by atoms with Gasteiger partial charge in [-0.3, -0.25) is 0 Å². The Hall–Kier alpha value is -1.60. The summed E-state index contributed by atoms with van der Waals surface area (Å²) in [5.41, 5.74) is 3.41. The normalized spacial score (nSPS) is 12.4. The molecule has 0 saturated carbocycles. The van der Waals surface area contributed by atoms with Crippen LogP contribution in [0.1, 0.15) is 31.4 Å². The van der Waals surface area contributed by atoms with Gasteiger partial charge >= 0.3 is 0 Å². The minimum Gasteiger partial charge on any atom is -0.388 e. The fraction of sp³-hybridized carbons (Fsp3) is 0.250. The molecule has 0 saturated heterocycles. The first-order valence-corrected chi connectivity index (χ1v) is 6.14. The Labute approximate surface area is 103 Å². The average Bonchev–Trinajstić information content (AvgIpc) is 2.40. The summed E-state index contributed by atoms with van der Waals surface area (Å²) in [5, 5.41) is 9.88. The van der Waals surface area contributed by atoms with Crippen molar-refractivity contribution in [3.8, 4) is 11.1 Å². The highest BCUT2D eigenvalue weighted by Gasteiger charge is 2.05. The van der Waals surface area contributed by atoms with Crippen LogP contribution in [-0.2, 0) is 0 Å². The van der Waals surface area contributed by atoms with Crippen LogP contribution in [0.25, 0.3) is 11.1 Å². The lowest BCUT2D eigenvalue weighted by Gasteiger charge is -2.10. The van der Waals surface area contributed by atoms with Gasteiger partial charge in [0.2, 0.25) is 0 Å². The first kappa shape index (κ1) is 11.9. The standard InChI is InChI=1S/C16H18O/c1-2-6-16(17)15-11-9-14(10-12-15)13-7-4-3-5-8-13/h3-5,7-12,16-17H,2,6H2,1H3. The van der Waals surface area contributed by atoms with Gasteiger partial charge in [0.05, 0.1) is 6.10 Å². The molecule has 0 heterocycles. The van der Waals surface area contributed by atoms with Crippen LogP contribution < -0.4 is 0 Å². The Kier molecular flexibility index (Phi) is 3.94. The zero-order chi connectivity index (χ0) is 12.1. The number of rotatable bonds is 4. The van der Waals surface area contributed by atoms with Crippen molar-refractivity contribution in [2.75, 3.05) is 0 Å². The third-order valence-electron chi connectivity index (χ3n) is 2.96. The molecule has 88 valence electrons. The van der Waals surface area contributed by atoms with E-state index in [4.69, 9.17) is 0 Å². The maximum Gasteiger partial charge on any atom is 0.0790 e. The molecule has 0 aliphatic heterocycles. The van der Waals surface area contributed by atoms with Crippen molar-refractivity contribution in [3.63, 3.8) is 0 Å². The Morgan fingerprint density at radius 2 is 1.47 bits per heavy atom. The number of hydrogen-bond acceptors (Lipinski definition) is 1. The van der Waals surface area contributed by atoms with E-state index in [9.17, 15) is 5.11 Å². The van der Waals surface area contributed by atoms with E-state index in [1.165, 1.54) is 11.1 Å². The van der Waals surface area contributed by atoms with Crippen LogP contribution in [-0.4, -0.2) is 5.11 Å². The number of aliphatic hydroxyl groups excluding tert-OH is 1. The fourth-order valence-corrected chi connectivity index (χ4v) is 1.97. The van der Waals surface area contributed by atoms with Crippen LogP contribution in [0.2, 0.25) is 0 Å². The van der Waals surface area contributed by atoms with Gasteiger partial charge < -0.3 is 5.11 Å². The summed E-state index contributed by atoms with van der Waals surface area (Å²) >= 11 is 0. The highest BCUT2D eigenvalue weighted by Crippen LogP contribution is 2.23. The zero-order valence-corrected chi connectivity index (χ0v) is 10.1. The van der Waals surface area contributed by atoms with Crippen molar-refractivity contribution in [1.29, 1.82) is 0 Å². The van der Waals surface area contributed by atoms with E-state index < -0.39 is 0 Å². The predicted octanol–water partition coefficient (Wildman–Crippen LogP) is 4.19. The van der Waals surface area contributed by atoms with E-state index in [-0.39, 0.29) is 6.10 Å². The molecule has 0 aromatic heterocycles. The molecule has 0 fully saturated rings. The number of hydrogen-bond donors (Lipinski definition) is 1. The van der Waals surface area contributed by atoms with E-state index in [0.717, 1.165) is 18.4 Å². The molecule has 0 bridgehead atoms. The maximum absolute atomic E-state index is 9.88. The molecule has 2 aromatic rings. The minimum absolute atomic E-state index is 0.329. The summed E-state index contributed by atoms with van der Waals surface area (Å²) in [5.74, 6) is 0. The molecule has 0 aliphatic rings. The Morgan fingerprint density at radius 1 is 0.882 bits per heavy atom. The highest BCUT2D eigenvalue weighted by atomic mass is 16.3. The molecular weight excluding hydrogens is 208 g/mol. The molecule has 0 radical (unpaired) electrons. The highest BCUT2D eigenvalue weighted by molar-refractivity contribution is 5.63. The molecule has 1 heteroatoms. The van der Waals surface area contributed by atoms with Crippen LogP contribution in [0.4, 0.5) is 0 Å². The second-order valence-corrected chi connectivity index (χ2v) is 4.29. The van der Waals surface area contributed by atoms with Crippen LogP contribution in [0.5, 0.6) is 0 Å². The molecule has 17 heavy (non-hydrogen) atoms. The molecule has 2 aromatic carbocycles. The molecule has 1 nitrogen and oxygen atoms in total. The van der Waals surface area contributed by atoms with Gasteiger partial charge in [-0.25, -0.2) is 0 Å². The summed E-state index contributed by atoms with van der Waals surface area (Å²) in [7, 11) is 0. The lowest BCUT2D eigenvalue weighted by Crippen LogP contribution is -1.96. The lowest BCUT2D eigenvalue weighted by atomic mass is 10.0. The van der Waals surface area contributed by atoms with Gasteiger partial charge in [-0.2, -0.15) is 0 Å². The summed E-state index contributed by atoms with van der Waals surface area (Å²) in [6, 6.07) is 18.5. The van der Waals surface area contributed by atoms with Gasteiger partial charge in [-0.05, 0) is 23.1 Å². The first-order chi connectivity index (χ1) is 8.31. The molecule has 0 spiro atoms. The van der Waals surface area contributed by atoms with Crippen LogP contribution in [0.3, 0.4) is 0 Å². The zero-order valence-electron chi connectivity index (χ0n) is 10.1. The fourth-order valence-electron chi connectivity index (χ4n) is 1.97. The SMILES string of the molecule is CCCC(O)c1ccc(-c2ccccc2)cc1. The predicted molar refractivity (Wildman–Crippen MR) is 71.7 cm³/mol. The second kappa shape index (κ2) is 5.65. The minimum atomic E-state index is -0.329. The Bertz CT molecular complexity index is 445. The van der Waals surface area contributed by atoms with E-state index in [0.29, 0.717) is 0 Å².